The first-order valence-electron chi connectivity index (χ1n) is 11.6. The summed E-state index contributed by atoms with van der Waals surface area (Å²) in [6.07, 6.45) is 0. The largest absolute Gasteiger partial charge is 0.403 e. The van der Waals surface area contributed by atoms with Gasteiger partial charge in [-0.2, -0.15) is 0 Å². The van der Waals surface area contributed by atoms with E-state index in [-0.39, 0.29) is 36.9 Å². The molecule has 0 bridgehead atoms. The van der Waals surface area contributed by atoms with Gasteiger partial charge in [-0.15, -0.1) is 0 Å². The van der Waals surface area contributed by atoms with Crippen molar-refractivity contribution < 1.29 is 13.6 Å². The number of rotatable bonds is 10. The van der Waals surface area contributed by atoms with E-state index in [2.05, 4.69) is 55.4 Å². The molecule has 0 amide bonds. The predicted octanol–water partition coefficient (Wildman–Crippen LogP) is 9.29. The lowest BCUT2D eigenvalue weighted by Crippen LogP contribution is -2.11. The molecule has 0 aliphatic carbocycles. The minimum absolute atomic E-state index is 0.0979. The third kappa shape index (κ3) is 7.56. The fourth-order valence-corrected chi connectivity index (χ4v) is 5.26. The molecule has 0 fully saturated rings. The highest BCUT2D eigenvalue weighted by Gasteiger charge is 2.24. The van der Waals surface area contributed by atoms with Gasteiger partial charge in [0.2, 0.25) is 0 Å². The first-order chi connectivity index (χ1) is 15.2. The molecule has 0 aromatic heterocycles. The van der Waals surface area contributed by atoms with Gasteiger partial charge in [0.15, 0.2) is 0 Å². The number of hydrogen-bond acceptors (Lipinski definition) is 3. The minimum Gasteiger partial charge on any atom is -0.292 e. The van der Waals surface area contributed by atoms with Crippen LogP contribution in [0.4, 0.5) is 0 Å². The highest BCUT2D eigenvalue weighted by atomic mass is 35.5. The average molecular weight is 514 g/mol. The molecule has 2 aromatic rings. The van der Waals surface area contributed by atoms with Crippen LogP contribution < -0.4 is 5.50 Å². The second-order valence-corrected chi connectivity index (χ2v) is 12.3. The van der Waals surface area contributed by atoms with Crippen LogP contribution in [0.5, 0.6) is 0 Å². The number of hydrogen-bond donors (Lipinski definition) is 1. The summed E-state index contributed by atoms with van der Waals surface area (Å²) in [7, 11) is -3.81. The molecule has 4 nitrogen and oxygen atoms in total. The zero-order chi connectivity index (χ0) is 25.1. The standard InChI is InChI=1S/C26H38Cl2NO3P/c1-15(2)21-9-19(27)10-22(16(3)4)25(21)13-31-33(29,30)32-14-26-23(17(5)6)11-20(28)12-24(26)18(7)8/h9-12,15-18H,13-14H2,1-8H3,(H2,29,30). The number of benzene rings is 2. The molecule has 2 rings (SSSR count). The average Bonchev–Trinajstić information content (AvgIpc) is 2.70. The van der Waals surface area contributed by atoms with Gasteiger partial charge in [0.1, 0.15) is 0 Å². The van der Waals surface area contributed by atoms with Crippen LogP contribution in [-0.4, -0.2) is 0 Å². The summed E-state index contributed by atoms with van der Waals surface area (Å²) in [6, 6.07) is 7.76. The van der Waals surface area contributed by atoms with Gasteiger partial charge < -0.3 is 0 Å². The maximum absolute atomic E-state index is 13.1. The topological polar surface area (TPSA) is 61.5 Å². The van der Waals surface area contributed by atoms with Crippen LogP contribution in [0.15, 0.2) is 24.3 Å². The summed E-state index contributed by atoms with van der Waals surface area (Å²) >= 11 is 12.7. The summed E-state index contributed by atoms with van der Waals surface area (Å²) in [6.45, 7) is 17.0. The molecule has 0 radical (unpaired) electrons. The quantitative estimate of drug-likeness (QED) is 0.321. The van der Waals surface area contributed by atoms with E-state index in [4.69, 9.17) is 37.8 Å². The monoisotopic (exact) mass is 513 g/mol. The van der Waals surface area contributed by atoms with Gasteiger partial charge >= 0.3 is 7.75 Å². The molecular weight excluding hydrogens is 476 g/mol. The van der Waals surface area contributed by atoms with E-state index in [0.29, 0.717) is 10.0 Å². The molecule has 0 spiro atoms. The summed E-state index contributed by atoms with van der Waals surface area (Å²) in [5.74, 6) is 0.923. The Labute approximate surface area is 209 Å². The number of halogens is 2. The van der Waals surface area contributed by atoms with Gasteiger partial charge in [0.25, 0.3) is 0 Å². The van der Waals surface area contributed by atoms with Gasteiger partial charge in [-0.1, -0.05) is 78.6 Å². The Balaban J connectivity index is 2.30. The van der Waals surface area contributed by atoms with Crippen molar-refractivity contribution in [2.45, 2.75) is 92.3 Å². The Morgan fingerprint density at radius 1 is 0.667 bits per heavy atom. The molecule has 7 heteroatoms. The molecular formula is C26H38Cl2NO3P. The van der Waals surface area contributed by atoms with Crippen molar-refractivity contribution in [2.75, 3.05) is 0 Å². The molecule has 2 aromatic carbocycles. The highest BCUT2D eigenvalue weighted by molar-refractivity contribution is 7.51. The third-order valence-electron chi connectivity index (χ3n) is 5.83. The van der Waals surface area contributed by atoms with E-state index in [0.717, 1.165) is 33.4 Å². The van der Waals surface area contributed by atoms with Crippen molar-refractivity contribution in [1.82, 2.24) is 0 Å². The van der Waals surface area contributed by atoms with Crippen LogP contribution >= 0.6 is 30.9 Å². The van der Waals surface area contributed by atoms with Crippen molar-refractivity contribution in [3.63, 3.8) is 0 Å². The first-order valence-corrected chi connectivity index (χ1v) is 13.9. The van der Waals surface area contributed by atoms with Crippen molar-refractivity contribution in [1.29, 1.82) is 0 Å². The van der Waals surface area contributed by atoms with Crippen molar-refractivity contribution >= 4 is 30.9 Å². The Hall–Kier alpha value is -0.870. The molecule has 0 atom stereocenters. The zero-order valence-corrected chi connectivity index (χ0v) is 23.4. The Morgan fingerprint density at radius 2 is 0.909 bits per heavy atom. The molecule has 2 N–H and O–H groups in total. The fraction of sp³-hybridized carbons (Fsp3) is 0.538. The van der Waals surface area contributed by atoms with E-state index >= 15 is 0 Å². The van der Waals surface area contributed by atoms with Crippen molar-refractivity contribution in [3.8, 4) is 0 Å². The lowest BCUT2D eigenvalue weighted by molar-refractivity contribution is 0.189. The number of nitrogens with two attached hydrogens (primary N) is 1. The van der Waals surface area contributed by atoms with Crippen LogP contribution in [0.2, 0.25) is 10.0 Å². The molecule has 33 heavy (non-hydrogen) atoms. The summed E-state index contributed by atoms with van der Waals surface area (Å²) in [5, 5.41) is 1.37. The Kier molecular flexibility index (Phi) is 10.1. The zero-order valence-electron chi connectivity index (χ0n) is 21.0. The van der Waals surface area contributed by atoms with E-state index < -0.39 is 7.75 Å². The van der Waals surface area contributed by atoms with Crippen LogP contribution in [0, 0.1) is 0 Å². The van der Waals surface area contributed by atoms with Gasteiger partial charge in [-0.3, -0.25) is 9.05 Å². The van der Waals surface area contributed by atoms with E-state index in [1.807, 2.05) is 24.3 Å². The van der Waals surface area contributed by atoms with Crippen LogP contribution in [0.3, 0.4) is 0 Å². The Morgan fingerprint density at radius 3 is 1.12 bits per heavy atom. The van der Waals surface area contributed by atoms with E-state index in [9.17, 15) is 4.57 Å². The van der Waals surface area contributed by atoms with Gasteiger partial charge in [-0.05, 0) is 81.3 Å². The van der Waals surface area contributed by atoms with Gasteiger partial charge in [-0.25, -0.2) is 10.1 Å². The minimum atomic E-state index is -3.81. The van der Waals surface area contributed by atoms with Gasteiger partial charge in [0, 0.05) is 10.0 Å². The predicted molar refractivity (Wildman–Crippen MR) is 141 cm³/mol. The van der Waals surface area contributed by atoms with Crippen molar-refractivity contribution in [3.05, 3.63) is 67.7 Å². The first kappa shape index (κ1) is 28.4. The molecule has 0 aliphatic heterocycles. The SMILES string of the molecule is CC(C)c1cc(Cl)cc(C(C)C)c1COP(N)(=O)OCc1c(C(C)C)cc(Cl)cc1C(C)C. The molecule has 0 aliphatic rings. The molecule has 184 valence electrons. The highest BCUT2D eigenvalue weighted by Crippen LogP contribution is 2.44. The second kappa shape index (κ2) is 11.7. The molecule has 0 heterocycles. The lowest BCUT2D eigenvalue weighted by atomic mass is 9.89. The second-order valence-electron chi connectivity index (χ2n) is 9.83. The summed E-state index contributed by atoms with van der Waals surface area (Å²) in [4.78, 5) is 0. The normalized spacial score (nSPS) is 12.6. The fourth-order valence-electron chi connectivity index (χ4n) is 4.10. The lowest BCUT2D eigenvalue weighted by Gasteiger charge is -2.23. The third-order valence-corrected chi connectivity index (χ3v) is 7.25. The van der Waals surface area contributed by atoms with Gasteiger partial charge in [0.05, 0.1) is 13.2 Å². The summed E-state index contributed by atoms with van der Waals surface area (Å²) in [5.41, 5.74) is 12.2. The van der Waals surface area contributed by atoms with Crippen molar-refractivity contribution in [2.24, 2.45) is 5.50 Å². The maximum Gasteiger partial charge on any atom is 0.403 e. The summed E-state index contributed by atoms with van der Waals surface area (Å²) < 4.78 is 24.6. The van der Waals surface area contributed by atoms with Crippen LogP contribution in [0.25, 0.3) is 0 Å². The van der Waals surface area contributed by atoms with E-state index in [1.54, 1.807) is 0 Å². The maximum atomic E-state index is 13.1. The molecule has 0 saturated heterocycles. The molecule has 0 saturated carbocycles. The van der Waals surface area contributed by atoms with Crippen LogP contribution in [0.1, 0.15) is 112 Å². The molecule has 0 unspecified atom stereocenters. The van der Waals surface area contributed by atoms with Crippen LogP contribution in [-0.2, 0) is 26.8 Å². The smallest absolute Gasteiger partial charge is 0.292 e. The Bertz CT molecular complexity index is 883. The van der Waals surface area contributed by atoms with E-state index in [1.165, 1.54) is 0 Å².